The molecule has 0 radical (unpaired) electrons. The SMILES string of the molecule is CCC(C)CC(C)(C(=O)O)C1CC1. The molecule has 2 unspecified atom stereocenters. The molecule has 1 saturated carbocycles. The van der Waals surface area contributed by atoms with E-state index in [9.17, 15) is 9.90 Å². The third-order valence-corrected chi connectivity index (χ3v) is 3.44. The molecule has 1 aliphatic carbocycles. The summed E-state index contributed by atoms with van der Waals surface area (Å²) in [5.41, 5.74) is -0.449. The number of hydrogen-bond donors (Lipinski definition) is 1. The van der Waals surface area contributed by atoms with Crippen LogP contribution in [-0.2, 0) is 4.79 Å². The van der Waals surface area contributed by atoms with Crippen molar-refractivity contribution in [1.29, 1.82) is 0 Å². The van der Waals surface area contributed by atoms with Crippen molar-refractivity contribution in [1.82, 2.24) is 0 Å². The molecular formula is C11H20O2. The Kier molecular flexibility index (Phi) is 2.99. The van der Waals surface area contributed by atoms with Gasteiger partial charge in [0.1, 0.15) is 0 Å². The fourth-order valence-electron chi connectivity index (χ4n) is 2.02. The van der Waals surface area contributed by atoms with Crippen molar-refractivity contribution in [2.24, 2.45) is 17.3 Å². The van der Waals surface area contributed by atoms with Crippen molar-refractivity contribution < 1.29 is 9.90 Å². The molecule has 1 rings (SSSR count). The van der Waals surface area contributed by atoms with Crippen LogP contribution in [0.3, 0.4) is 0 Å². The number of hydrogen-bond acceptors (Lipinski definition) is 1. The summed E-state index contributed by atoms with van der Waals surface area (Å²) in [5.74, 6) is 0.371. The third kappa shape index (κ3) is 2.23. The van der Waals surface area contributed by atoms with Crippen LogP contribution >= 0.6 is 0 Å². The van der Waals surface area contributed by atoms with Crippen molar-refractivity contribution in [3.05, 3.63) is 0 Å². The molecule has 1 fully saturated rings. The van der Waals surface area contributed by atoms with E-state index in [1.54, 1.807) is 0 Å². The van der Waals surface area contributed by atoms with Crippen molar-refractivity contribution >= 4 is 5.97 Å². The van der Waals surface area contributed by atoms with E-state index in [0.717, 1.165) is 25.7 Å². The molecule has 0 amide bonds. The molecular weight excluding hydrogens is 164 g/mol. The lowest BCUT2D eigenvalue weighted by Crippen LogP contribution is -2.31. The Morgan fingerprint density at radius 1 is 1.62 bits per heavy atom. The highest BCUT2D eigenvalue weighted by molar-refractivity contribution is 5.75. The van der Waals surface area contributed by atoms with Gasteiger partial charge in [-0.3, -0.25) is 4.79 Å². The van der Waals surface area contributed by atoms with E-state index in [0.29, 0.717) is 11.8 Å². The quantitative estimate of drug-likeness (QED) is 0.713. The molecule has 1 aliphatic rings. The number of carbonyl (C=O) groups is 1. The lowest BCUT2D eigenvalue weighted by molar-refractivity contribution is -0.150. The van der Waals surface area contributed by atoms with Crippen LogP contribution in [0.15, 0.2) is 0 Å². The molecule has 0 aromatic heterocycles. The highest BCUT2D eigenvalue weighted by Gasteiger charge is 2.47. The average Bonchev–Trinajstić information content (AvgIpc) is 2.85. The molecule has 0 bridgehead atoms. The molecule has 0 spiro atoms. The fourth-order valence-corrected chi connectivity index (χ4v) is 2.02. The van der Waals surface area contributed by atoms with Gasteiger partial charge in [0.05, 0.1) is 5.41 Å². The van der Waals surface area contributed by atoms with Gasteiger partial charge in [0.25, 0.3) is 0 Å². The van der Waals surface area contributed by atoms with Crippen LogP contribution in [0.2, 0.25) is 0 Å². The van der Waals surface area contributed by atoms with Gasteiger partial charge in [0, 0.05) is 0 Å². The monoisotopic (exact) mass is 184 g/mol. The van der Waals surface area contributed by atoms with Crippen LogP contribution in [-0.4, -0.2) is 11.1 Å². The van der Waals surface area contributed by atoms with Gasteiger partial charge in [-0.2, -0.15) is 0 Å². The zero-order valence-electron chi connectivity index (χ0n) is 8.84. The summed E-state index contributed by atoms with van der Waals surface area (Å²) in [6, 6.07) is 0. The van der Waals surface area contributed by atoms with Gasteiger partial charge in [-0.25, -0.2) is 0 Å². The van der Waals surface area contributed by atoms with E-state index >= 15 is 0 Å². The lowest BCUT2D eigenvalue weighted by atomic mass is 9.76. The van der Waals surface area contributed by atoms with Gasteiger partial charge >= 0.3 is 5.97 Å². The Labute approximate surface area is 80.3 Å². The second kappa shape index (κ2) is 3.69. The Morgan fingerprint density at radius 3 is 2.46 bits per heavy atom. The first-order valence-electron chi connectivity index (χ1n) is 5.24. The van der Waals surface area contributed by atoms with Crippen molar-refractivity contribution in [3.8, 4) is 0 Å². The zero-order valence-corrected chi connectivity index (χ0v) is 8.84. The maximum atomic E-state index is 11.2. The van der Waals surface area contributed by atoms with Gasteiger partial charge < -0.3 is 5.11 Å². The minimum absolute atomic E-state index is 0.444. The Hall–Kier alpha value is -0.530. The largest absolute Gasteiger partial charge is 0.481 e. The second-order valence-corrected chi connectivity index (χ2v) is 4.71. The maximum absolute atomic E-state index is 11.2. The summed E-state index contributed by atoms with van der Waals surface area (Å²) in [5, 5.41) is 9.19. The van der Waals surface area contributed by atoms with Crippen molar-refractivity contribution in [2.75, 3.05) is 0 Å². The predicted octanol–water partition coefficient (Wildman–Crippen LogP) is 2.92. The van der Waals surface area contributed by atoms with E-state index in [1.165, 1.54) is 0 Å². The van der Waals surface area contributed by atoms with Crippen molar-refractivity contribution in [2.45, 2.75) is 46.5 Å². The summed E-state index contributed by atoms with van der Waals surface area (Å²) >= 11 is 0. The summed E-state index contributed by atoms with van der Waals surface area (Å²) in [6.07, 6.45) is 4.14. The third-order valence-electron chi connectivity index (χ3n) is 3.44. The maximum Gasteiger partial charge on any atom is 0.309 e. The van der Waals surface area contributed by atoms with E-state index < -0.39 is 11.4 Å². The standard InChI is InChI=1S/C11H20O2/c1-4-8(2)7-11(3,10(12)13)9-5-6-9/h8-9H,4-7H2,1-3H3,(H,12,13). The highest BCUT2D eigenvalue weighted by atomic mass is 16.4. The molecule has 2 nitrogen and oxygen atoms in total. The predicted molar refractivity (Wildman–Crippen MR) is 52.5 cm³/mol. The summed E-state index contributed by atoms with van der Waals surface area (Å²) in [7, 11) is 0. The summed E-state index contributed by atoms with van der Waals surface area (Å²) in [6.45, 7) is 6.18. The van der Waals surface area contributed by atoms with Gasteiger partial charge in [-0.1, -0.05) is 20.3 Å². The molecule has 0 saturated heterocycles. The lowest BCUT2D eigenvalue weighted by Gasteiger charge is -2.27. The zero-order chi connectivity index (χ0) is 10.1. The van der Waals surface area contributed by atoms with Crippen LogP contribution in [0, 0.1) is 17.3 Å². The van der Waals surface area contributed by atoms with Crippen LogP contribution < -0.4 is 0 Å². The Bertz CT molecular complexity index is 196. The summed E-state index contributed by atoms with van der Waals surface area (Å²) < 4.78 is 0. The van der Waals surface area contributed by atoms with Gasteiger partial charge in [-0.15, -0.1) is 0 Å². The summed E-state index contributed by atoms with van der Waals surface area (Å²) in [4.78, 5) is 11.2. The minimum Gasteiger partial charge on any atom is -0.481 e. The molecule has 1 N–H and O–H groups in total. The van der Waals surface area contributed by atoms with Gasteiger partial charge in [-0.05, 0) is 38.0 Å². The number of rotatable bonds is 5. The number of carboxylic acids is 1. The first-order valence-corrected chi connectivity index (χ1v) is 5.24. The van der Waals surface area contributed by atoms with Gasteiger partial charge in [0.2, 0.25) is 0 Å². The molecule has 0 aromatic carbocycles. The van der Waals surface area contributed by atoms with E-state index in [-0.39, 0.29) is 0 Å². The van der Waals surface area contributed by atoms with E-state index in [4.69, 9.17) is 0 Å². The number of carboxylic acid groups (broad SMARTS) is 1. The Balaban J connectivity index is 2.61. The molecule has 2 heteroatoms. The molecule has 13 heavy (non-hydrogen) atoms. The molecule has 0 aliphatic heterocycles. The topological polar surface area (TPSA) is 37.3 Å². The molecule has 0 heterocycles. The molecule has 0 aromatic rings. The Morgan fingerprint density at radius 2 is 2.15 bits per heavy atom. The van der Waals surface area contributed by atoms with Gasteiger partial charge in [0.15, 0.2) is 0 Å². The molecule has 76 valence electrons. The highest BCUT2D eigenvalue weighted by Crippen LogP contribution is 2.49. The minimum atomic E-state index is -0.602. The van der Waals surface area contributed by atoms with Crippen LogP contribution in [0.4, 0.5) is 0 Å². The normalized spacial score (nSPS) is 23.6. The van der Waals surface area contributed by atoms with E-state index in [2.05, 4.69) is 13.8 Å². The first kappa shape index (κ1) is 10.6. The smallest absolute Gasteiger partial charge is 0.309 e. The number of aliphatic carboxylic acids is 1. The van der Waals surface area contributed by atoms with Crippen LogP contribution in [0.5, 0.6) is 0 Å². The van der Waals surface area contributed by atoms with E-state index in [1.807, 2.05) is 6.92 Å². The van der Waals surface area contributed by atoms with Crippen LogP contribution in [0.1, 0.15) is 46.5 Å². The molecule has 2 atom stereocenters. The van der Waals surface area contributed by atoms with Crippen molar-refractivity contribution in [3.63, 3.8) is 0 Å². The fraction of sp³-hybridized carbons (Fsp3) is 0.909. The average molecular weight is 184 g/mol. The first-order chi connectivity index (χ1) is 6.00. The van der Waals surface area contributed by atoms with Crippen LogP contribution in [0.25, 0.3) is 0 Å². The second-order valence-electron chi connectivity index (χ2n) is 4.71.